The van der Waals surface area contributed by atoms with Crippen LogP contribution in [0.2, 0.25) is 0 Å². The number of hydrogen-bond donors (Lipinski definition) is 0. The Kier molecular flexibility index (Phi) is 4.34. The van der Waals surface area contributed by atoms with E-state index in [1.165, 1.54) is 12.1 Å². The van der Waals surface area contributed by atoms with E-state index in [0.29, 0.717) is 47.6 Å². The van der Waals surface area contributed by atoms with Gasteiger partial charge in [0.25, 0.3) is 0 Å². The fraction of sp³-hybridized carbons (Fsp3) is 0.250. The number of hydrogen-bond acceptors (Lipinski definition) is 4. The summed E-state index contributed by atoms with van der Waals surface area (Å²) in [5.41, 5.74) is 1.66. The molecule has 1 aliphatic heterocycles. The Morgan fingerprint density at radius 2 is 1.72 bits per heavy atom. The summed E-state index contributed by atoms with van der Waals surface area (Å²) in [5, 5.41) is 0.535. The van der Waals surface area contributed by atoms with E-state index in [1.807, 2.05) is 12.1 Å². The molecule has 0 aliphatic carbocycles. The highest BCUT2D eigenvalue weighted by molar-refractivity contribution is 5.82. The molecule has 25 heavy (non-hydrogen) atoms. The van der Waals surface area contributed by atoms with Gasteiger partial charge in [0.1, 0.15) is 17.2 Å². The van der Waals surface area contributed by atoms with E-state index in [4.69, 9.17) is 9.15 Å². The second kappa shape index (κ2) is 6.78. The van der Waals surface area contributed by atoms with Gasteiger partial charge in [-0.1, -0.05) is 24.3 Å². The molecule has 0 spiro atoms. The summed E-state index contributed by atoms with van der Waals surface area (Å²) in [5.74, 6) is 0.279. The molecule has 0 N–H and O–H groups in total. The standard InChI is InChI=1S/C20H18FNO3/c21-15-7-5-14(6-8-15)19-18(13-22-9-11-24-12-10-22)25-17-4-2-1-3-16(17)20(19)23/h1-8H,9-13H2. The third-order valence-corrected chi connectivity index (χ3v) is 4.47. The van der Waals surface area contributed by atoms with E-state index in [9.17, 15) is 9.18 Å². The maximum Gasteiger partial charge on any atom is 0.200 e. The van der Waals surface area contributed by atoms with Crippen molar-refractivity contribution in [1.82, 2.24) is 4.90 Å². The van der Waals surface area contributed by atoms with E-state index in [0.717, 1.165) is 13.1 Å². The minimum absolute atomic E-state index is 0.0864. The lowest BCUT2D eigenvalue weighted by Crippen LogP contribution is -2.36. The molecule has 1 aliphatic rings. The summed E-state index contributed by atoms with van der Waals surface area (Å²) in [7, 11) is 0. The van der Waals surface area contributed by atoms with Gasteiger partial charge in [0.2, 0.25) is 5.43 Å². The van der Waals surface area contributed by atoms with Crippen molar-refractivity contribution in [2.45, 2.75) is 6.54 Å². The van der Waals surface area contributed by atoms with E-state index < -0.39 is 0 Å². The van der Waals surface area contributed by atoms with Crippen LogP contribution in [0.25, 0.3) is 22.1 Å². The second-order valence-electron chi connectivity index (χ2n) is 6.12. The Bertz CT molecular complexity index is 943. The van der Waals surface area contributed by atoms with Crippen LogP contribution in [0, 0.1) is 5.82 Å². The van der Waals surface area contributed by atoms with E-state index in [-0.39, 0.29) is 11.2 Å². The third kappa shape index (κ3) is 3.21. The third-order valence-electron chi connectivity index (χ3n) is 4.47. The molecule has 2 heterocycles. The molecule has 0 saturated carbocycles. The van der Waals surface area contributed by atoms with Crippen molar-refractivity contribution in [1.29, 1.82) is 0 Å². The molecule has 4 nitrogen and oxygen atoms in total. The quantitative estimate of drug-likeness (QED) is 0.733. The summed E-state index contributed by atoms with van der Waals surface area (Å²) in [6.45, 7) is 3.45. The van der Waals surface area contributed by atoms with Gasteiger partial charge in [-0.3, -0.25) is 9.69 Å². The molecule has 5 heteroatoms. The van der Waals surface area contributed by atoms with Crippen LogP contribution in [-0.2, 0) is 11.3 Å². The van der Waals surface area contributed by atoms with Gasteiger partial charge >= 0.3 is 0 Å². The van der Waals surface area contributed by atoms with Gasteiger partial charge in [-0.2, -0.15) is 0 Å². The number of morpholine rings is 1. The van der Waals surface area contributed by atoms with Crippen LogP contribution < -0.4 is 5.43 Å². The van der Waals surface area contributed by atoms with E-state index in [2.05, 4.69) is 4.90 Å². The first kappa shape index (κ1) is 16.0. The van der Waals surface area contributed by atoms with E-state index in [1.54, 1.807) is 24.3 Å². The van der Waals surface area contributed by atoms with Crippen molar-refractivity contribution < 1.29 is 13.5 Å². The lowest BCUT2D eigenvalue weighted by atomic mass is 10.0. The highest BCUT2D eigenvalue weighted by Gasteiger charge is 2.20. The number of fused-ring (bicyclic) bond motifs is 1. The van der Waals surface area contributed by atoms with Crippen molar-refractivity contribution >= 4 is 11.0 Å². The monoisotopic (exact) mass is 339 g/mol. The Morgan fingerprint density at radius 3 is 2.48 bits per heavy atom. The molecule has 1 aromatic heterocycles. The average Bonchev–Trinajstić information content (AvgIpc) is 2.64. The number of benzene rings is 2. The first-order valence-corrected chi connectivity index (χ1v) is 8.33. The molecule has 3 aromatic rings. The highest BCUT2D eigenvalue weighted by atomic mass is 19.1. The fourth-order valence-electron chi connectivity index (χ4n) is 3.17. The summed E-state index contributed by atoms with van der Waals surface area (Å²) in [4.78, 5) is 15.3. The number of para-hydroxylation sites is 1. The van der Waals surface area contributed by atoms with Gasteiger partial charge in [-0.05, 0) is 29.8 Å². The normalized spacial score (nSPS) is 15.6. The van der Waals surface area contributed by atoms with Crippen LogP contribution in [0.3, 0.4) is 0 Å². The zero-order valence-electron chi connectivity index (χ0n) is 13.7. The second-order valence-corrected chi connectivity index (χ2v) is 6.12. The van der Waals surface area contributed by atoms with Crippen LogP contribution >= 0.6 is 0 Å². The van der Waals surface area contributed by atoms with Crippen LogP contribution in [-0.4, -0.2) is 31.2 Å². The van der Waals surface area contributed by atoms with Gasteiger partial charge in [0, 0.05) is 13.1 Å². The van der Waals surface area contributed by atoms with Crippen LogP contribution in [0.1, 0.15) is 5.76 Å². The first-order chi connectivity index (χ1) is 12.2. The van der Waals surface area contributed by atoms with Gasteiger partial charge < -0.3 is 9.15 Å². The molecule has 4 rings (SSSR count). The topological polar surface area (TPSA) is 42.7 Å². The average molecular weight is 339 g/mol. The van der Waals surface area contributed by atoms with Gasteiger partial charge in [-0.15, -0.1) is 0 Å². The molecule has 0 atom stereocenters. The minimum atomic E-state index is -0.330. The fourth-order valence-corrected chi connectivity index (χ4v) is 3.17. The van der Waals surface area contributed by atoms with Crippen molar-refractivity contribution in [3.05, 3.63) is 70.3 Å². The molecule has 1 saturated heterocycles. The number of halogens is 1. The zero-order valence-corrected chi connectivity index (χ0v) is 13.7. The van der Waals surface area contributed by atoms with Crippen LogP contribution in [0.4, 0.5) is 4.39 Å². The summed E-state index contributed by atoms with van der Waals surface area (Å²) in [6.07, 6.45) is 0. The minimum Gasteiger partial charge on any atom is -0.459 e. The van der Waals surface area contributed by atoms with Crippen molar-refractivity contribution in [2.24, 2.45) is 0 Å². The number of ether oxygens (including phenoxy) is 1. The highest BCUT2D eigenvalue weighted by Crippen LogP contribution is 2.26. The lowest BCUT2D eigenvalue weighted by Gasteiger charge is -2.26. The number of nitrogens with zero attached hydrogens (tertiary/aromatic N) is 1. The SMILES string of the molecule is O=c1c(-c2ccc(F)cc2)c(CN2CCOCC2)oc2ccccc12. The molecule has 128 valence electrons. The lowest BCUT2D eigenvalue weighted by molar-refractivity contribution is 0.0315. The summed E-state index contributed by atoms with van der Waals surface area (Å²) in [6, 6.07) is 13.2. The first-order valence-electron chi connectivity index (χ1n) is 8.33. The molecular formula is C20H18FNO3. The maximum atomic E-state index is 13.3. The Morgan fingerprint density at radius 1 is 1.00 bits per heavy atom. The Hall–Kier alpha value is -2.50. The Balaban J connectivity index is 1.87. The maximum absolute atomic E-state index is 13.3. The predicted octanol–water partition coefficient (Wildman–Crippen LogP) is 3.43. The molecule has 1 fully saturated rings. The van der Waals surface area contributed by atoms with Gasteiger partial charge in [0.05, 0.1) is 30.7 Å². The molecule has 0 unspecified atom stereocenters. The van der Waals surface area contributed by atoms with Crippen molar-refractivity contribution in [3.63, 3.8) is 0 Å². The van der Waals surface area contributed by atoms with Crippen LogP contribution in [0.15, 0.2) is 57.7 Å². The van der Waals surface area contributed by atoms with Crippen molar-refractivity contribution in [2.75, 3.05) is 26.3 Å². The molecule has 0 bridgehead atoms. The van der Waals surface area contributed by atoms with Crippen molar-refractivity contribution in [3.8, 4) is 11.1 Å². The smallest absolute Gasteiger partial charge is 0.200 e. The molecule has 0 amide bonds. The van der Waals surface area contributed by atoms with E-state index >= 15 is 0 Å². The molecule has 2 aromatic carbocycles. The largest absolute Gasteiger partial charge is 0.459 e. The van der Waals surface area contributed by atoms with Crippen LogP contribution in [0.5, 0.6) is 0 Å². The summed E-state index contributed by atoms with van der Waals surface area (Å²) >= 11 is 0. The number of rotatable bonds is 3. The zero-order chi connectivity index (χ0) is 17.2. The summed E-state index contributed by atoms with van der Waals surface area (Å²) < 4.78 is 24.8. The molecular weight excluding hydrogens is 321 g/mol. The Labute approximate surface area is 144 Å². The van der Waals surface area contributed by atoms with Gasteiger partial charge in [0.15, 0.2) is 0 Å². The van der Waals surface area contributed by atoms with Gasteiger partial charge in [-0.25, -0.2) is 4.39 Å². The molecule has 0 radical (unpaired) electrons. The predicted molar refractivity (Wildman–Crippen MR) is 94.0 cm³/mol.